The van der Waals surface area contributed by atoms with Crippen LogP contribution in [0.25, 0.3) is 0 Å². The van der Waals surface area contributed by atoms with Gasteiger partial charge in [-0.1, -0.05) is 27.2 Å². The third kappa shape index (κ3) is 3.21. The third-order valence-electron chi connectivity index (χ3n) is 3.72. The summed E-state index contributed by atoms with van der Waals surface area (Å²) in [5, 5.41) is 3.32. The Hall–Kier alpha value is -0.570. The van der Waals surface area contributed by atoms with E-state index in [9.17, 15) is 4.79 Å². The number of carbonyl (C=O) groups is 1. The van der Waals surface area contributed by atoms with Gasteiger partial charge in [-0.3, -0.25) is 4.79 Å². The molecule has 0 aromatic rings. The smallest absolute Gasteiger partial charge is 0.239 e. The van der Waals surface area contributed by atoms with E-state index in [1.165, 1.54) is 0 Å². The molecule has 3 atom stereocenters. The number of nitrogens with one attached hydrogen (secondary N) is 1. The highest BCUT2D eigenvalue weighted by molar-refractivity contribution is 5.82. The highest BCUT2D eigenvalue weighted by atomic mass is 16.2. The molecule has 0 radical (unpaired) electrons. The van der Waals surface area contributed by atoms with Gasteiger partial charge in [0.05, 0.1) is 6.04 Å². The Labute approximate surface area is 99.6 Å². The van der Waals surface area contributed by atoms with Crippen LogP contribution in [0.3, 0.4) is 0 Å². The molecule has 94 valence electrons. The molecule has 1 aliphatic rings. The van der Waals surface area contributed by atoms with E-state index in [0.717, 1.165) is 32.5 Å². The van der Waals surface area contributed by atoms with Crippen LogP contribution in [0.1, 0.15) is 40.5 Å². The van der Waals surface area contributed by atoms with Gasteiger partial charge in [0.15, 0.2) is 0 Å². The molecular formula is C13H26N2O. The second-order valence-electron chi connectivity index (χ2n) is 5.09. The van der Waals surface area contributed by atoms with Crippen molar-refractivity contribution in [3.8, 4) is 0 Å². The molecule has 16 heavy (non-hydrogen) atoms. The molecule has 3 unspecified atom stereocenters. The van der Waals surface area contributed by atoms with Gasteiger partial charge in [0, 0.05) is 13.1 Å². The van der Waals surface area contributed by atoms with Crippen LogP contribution in [0.2, 0.25) is 0 Å². The Balaban J connectivity index is 2.54. The molecule has 1 amide bonds. The minimum absolute atomic E-state index is 0.0593. The molecule has 0 spiro atoms. The maximum Gasteiger partial charge on any atom is 0.239 e. The van der Waals surface area contributed by atoms with Crippen molar-refractivity contribution in [2.24, 2.45) is 11.8 Å². The molecule has 0 saturated carbocycles. The second kappa shape index (κ2) is 6.24. The highest BCUT2D eigenvalue weighted by Crippen LogP contribution is 2.17. The van der Waals surface area contributed by atoms with E-state index >= 15 is 0 Å². The summed E-state index contributed by atoms with van der Waals surface area (Å²) in [7, 11) is 0. The van der Waals surface area contributed by atoms with Crippen molar-refractivity contribution in [3.63, 3.8) is 0 Å². The lowest BCUT2D eigenvalue weighted by atomic mass is 10.0. The van der Waals surface area contributed by atoms with Gasteiger partial charge in [0.25, 0.3) is 0 Å². The lowest BCUT2D eigenvalue weighted by Crippen LogP contribution is -2.47. The zero-order valence-corrected chi connectivity index (χ0v) is 11.1. The predicted octanol–water partition coefficient (Wildman–Crippen LogP) is 1.88. The Morgan fingerprint density at radius 1 is 1.50 bits per heavy atom. The van der Waals surface area contributed by atoms with Gasteiger partial charge in [-0.2, -0.15) is 0 Å². The quantitative estimate of drug-likeness (QED) is 0.776. The molecule has 1 saturated heterocycles. The molecule has 1 aliphatic heterocycles. The first kappa shape index (κ1) is 13.5. The van der Waals surface area contributed by atoms with E-state index in [1.54, 1.807) is 0 Å². The van der Waals surface area contributed by atoms with Crippen LogP contribution in [-0.4, -0.2) is 36.5 Å². The molecule has 0 aliphatic carbocycles. The van der Waals surface area contributed by atoms with Gasteiger partial charge in [-0.05, 0) is 31.7 Å². The fraction of sp³-hybridized carbons (Fsp3) is 0.923. The van der Waals surface area contributed by atoms with Gasteiger partial charge in [-0.25, -0.2) is 0 Å². The van der Waals surface area contributed by atoms with E-state index in [2.05, 4.69) is 33.0 Å². The van der Waals surface area contributed by atoms with Gasteiger partial charge < -0.3 is 10.2 Å². The lowest BCUT2D eigenvalue weighted by molar-refractivity contribution is -0.134. The molecule has 1 N–H and O–H groups in total. The maximum absolute atomic E-state index is 12.3. The number of nitrogens with zero attached hydrogens (tertiary/aromatic N) is 1. The SMILES string of the molecule is CCC(C)CN(CC)C(=O)C1NCCC1C. The van der Waals surface area contributed by atoms with E-state index in [-0.39, 0.29) is 6.04 Å². The number of rotatable bonds is 5. The number of hydrogen-bond donors (Lipinski definition) is 1. The molecule has 0 aromatic carbocycles. The fourth-order valence-electron chi connectivity index (χ4n) is 2.24. The summed E-state index contributed by atoms with van der Waals surface area (Å²) in [6.45, 7) is 11.3. The first-order valence-corrected chi connectivity index (χ1v) is 6.62. The van der Waals surface area contributed by atoms with Gasteiger partial charge in [0.1, 0.15) is 0 Å². The second-order valence-corrected chi connectivity index (χ2v) is 5.09. The first-order chi connectivity index (χ1) is 7.60. The summed E-state index contributed by atoms with van der Waals surface area (Å²) in [6.07, 6.45) is 2.26. The molecule has 1 heterocycles. The predicted molar refractivity (Wildman–Crippen MR) is 67.3 cm³/mol. The summed E-state index contributed by atoms with van der Waals surface area (Å²) >= 11 is 0. The average molecular weight is 226 g/mol. The zero-order chi connectivity index (χ0) is 12.1. The van der Waals surface area contributed by atoms with Crippen molar-refractivity contribution in [3.05, 3.63) is 0 Å². The number of carbonyl (C=O) groups excluding carboxylic acids is 1. The summed E-state index contributed by atoms with van der Waals surface area (Å²) in [4.78, 5) is 14.3. The monoisotopic (exact) mass is 226 g/mol. The summed E-state index contributed by atoms with van der Waals surface area (Å²) in [5.41, 5.74) is 0. The third-order valence-corrected chi connectivity index (χ3v) is 3.72. The molecule has 1 rings (SSSR count). The fourth-order valence-corrected chi connectivity index (χ4v) is 2.24. The molecule has 0 bridgehead atoms. The normalized spacial score (nSPS) is 26.8. The lowest BCUT2D eigenvalue weighted by Gasteiger charge is -2.28. The molecule has 0 aromatic heterocycles. The van der Waals surface area contributed by atoms with Gasteiger partial charge in [-0.15, -0.1) is 0 Å². The molecular weight excluding hydrogens is 200 g/mol. The standard InChI is InChI=1S/C13H26N2O/c1-5-10(3)9-15(6-2)13(16)12-11(4)7-8-14-12/h10-12,14H,5-9H2,1-4H3. The minimum atomic E-state index is 0.0593. The number of likely N-dealkylation sites (N-methyl/N-ethyl adjacent to an activating group) is 1. The van der Waals surface area contributed by atoms with Crippen LogP contribution in [-0.2, 0) is 4.79 Å². The van der Waals surface area contributed by atoms with E-state index in [4.69, 9.17) is 0 Å². The first-order valence-electron chi connectivity index (χ1n) is 6.62. The van der Waals surface area contributed by atoms with Gasteiger partial charge >= 0.3 is 0 Å². The summed E-state index contributed by atoms with van der Waals surface area (Å²) in [6, 6.07) is 0.0593. The van der Waals surface area contributed by atoms with Crippen LogP contribution in [0.5, 0.6) is 0 Å². The molecule has 1 fully saturated rings. The minimum Gasteiger partial charge on any atom is -0.341 e. The van der Waals surface area contributed by atoms with Crippen molar-refractivity contribution in [1.82, 2.24) is 10.2 Å². The Kier molecular flexibility index (Phi) is 5.26. The van der Waals surface area contributed by atoms with Gasteiger partial charge in [0.2, 0.25) is 5.91 Å². The van der Waals surface area contributed by atoms with Crippen molar-refractivity contribution in [2.45, 2.75) is 46.6 Å². The Bertz CT molecular complexity index is 230. The van der Waals surface area contributed by atoms with Crippen molar-refractivity contribution < 1.29 is 4.79 Å². The topological polar surface area (TPSA) is 32.3 Å². The summed E-state index contributed by atoms with van der Waals surface area (Å²) < 4.78 is 0. The highest BCUT2D eigenvalue weighted by Gasteiger charge is 2.32. The summed E-state index contributed by atoms with van der Waals surface area (Å²) in [5.74, 6) is 1.38. The van der Waals surface area contributed by atoms with Crippen LogP contribution in [0, 0.1) is 11.8 Å². The van der Waals surface area contributed by atoms with Crippen molar-refractivity contribution >= 4 is 5.91 Å². The van der Waals surface area contributed by atoms with Crippen molar-refractivity contribution in [1.29, 1.82) is 0 Å². The molecule has 3 heteroatoms. The van der Waals surface area contributed by atoms with Crippen LogP contribution in [0.15, 0.2) is 0 Å². The van der Waals surface area contributed by atoms with Crippen LogP contribution in [0.4, 0.5) is 0 Å². The maximum atomic E-state index is 12.3. The van der Waals surface area contributed by atoms with Crippen molar-refractivity contribution in [2.75, 3.05) is 19.6 Å². The van der Waals surface area contributed by atoms with Crippen LogP contribution >= 0.6 is 0 Å². The number of amides is 1. The van der Waals surface area contributed by atoms with E-state index in [1.807, 2.05) is 4.90 Å². The zero-order valence-electron chi connectivity index (χ0n) is 11.1. The van der Waals surface area contributed by atoms with E-state index < -0.39 is 0 Å². The molecule has 3 nitrogen and oxygen atoms in total. The largest absolute Gasteiger partial charge is 0.341 e. The Morgan fingerprint density at radius 2 is 2.19 bits per heavy atom. The number of hydrogen-bond acceptors (Lipinski definition) is 2. The Morgan fingerprint density at radius 3 is 2.62 bits per heavy atom. The van der Waals surface area contributed by atoms with E-state index in [0.29, 0.717) is 17.7 Å². The average Bonchev–Trinajstić information content (AvgIpc) is 2.71. The van der Waals surface area contributed by atoms with Crippen LogP contribution < -0.4 is 5.32 Å².